The molecule has 0 aliphatic heterocycles. The van der Waals surface area contributed by atoms with E-state index in [9.17, 15) is 0 Å². The fourth-order valence-electron chi connectivity index (χ4n) is 4.87. The summed E-state index contributed by atoms with van der Waals surface area (Å²) in [5.74, 6) is 0. The Morgan fingerprint density at radius 2 is 0.833 bits per heavy atom. The van der Waals surface area contributed by atoms with Gasteiger partial charge in [0.25, 0.3) is 0 Å². The van der Waals surface area contributed by atoms with Gasteiger partial charge < -0.3 is 0 Å². The van der Waals surface area contributed by atoms with Crippen molar-refractivity contribution in [3.05, 3.63) is 96.1 Å². The van der Waals surface area contributed by atoms with Crippen LogP contribution in [0.4, 0.5) is 0 Å². The Labute approximate surface area is 173 Å². The van der Waals surface area contributed by atoms with E-state index in [0.717, 1.165) is 35.3 Å². The minimum atomic E-state index is 1.01. The summed E-state index contributed by atoms with van der Waals surface area (Å²) in [6.07, 6.45) is 2.03. The van der Waals surface area contributed by atoms with Crippen molar-refractivity contribution in [1.29, 1.82) is 0 Å². The molecule has 7 rings (SSSR count). The number of pyridine rings is 2. The zero-order valence-electron chi connectivity index (χ0n) is 16.4. The first-order valence-electron chi connectivity index (χ1n) is 10.5. The molecule has 0 fully saturated rings. The lowest BCUT2D eigenvalue weighted by Gasteiger charge is -2.20. The molecule has 140 valence electrons. The molecule has 2 aromatic heterocycles. The van der Waals surface area contributed by atoms with E-state index in [1.165, 1.54) is 43.4 Å². The number of hydrogen-bond donors (Lipinski definition) is 0. The highest BCUT2D eigenvalue weighted by molar-refractivity contribution is 5.99. The van der Waals surface area contributed by atoms with Crippen LogP contribution in [0, 0.1) is 0 Å². The first-order valence-corrected chi connectivity index (χ1v) is 10.5. The van der Waals surface area contributed by atoms with Gasteiger partial charge in [-0.15, -0.1) is 0 Å². The average molecular weight is 382 g/mol. The van der Waals surface area contributed by atoms with E-state index in [0.29, 0.717) is 0 Å². The lowest BCUT2D eigenvalue weighted by atomic mass is 9.90. The van der Waals surface area contributed by atoms with Crippen molar-refractivity contribution in [1.82, 2.24) is 9.97 Å². The van der Waals surface area contributed by atoms with Gasteiger partial charge in [0, 0.05) is 10.8 Å². The number of fused-ring (bicyclic) bond motifs is 7. The van der Waals surface area contributed by atoms with Crippen molar-refractivity contribution in [2.75, 3.05) is 0 Å². The van der Waals surface area contributed by atoms with Crippen molar-refractivity contribution in [3.8, 4) is 11.4 Å². The van der Waals surface area contributed by atoms with Gasteiger partial charge in [0.15, 0.2) is 0 Å². The molecule has 0 bridgehead atoms. The predicted molar refractivity (Wildman–Crippen MR) is 125 cm³/mol. The van der Waals surface area contributed by atoms with Crippen LogP contribution in [0.5, 0.6) is 0 Å². The molecule has 0 N–H and O–H groups in total. The summed E-state index contributed by atoms with van der Waals surface area (Å²) in [5, 5.41) is 7.40. The molecule has 6 aromatic rings. The Bertz CT molecular complexity index is 1520. The van der Waals surface area contributed by atoms with Crippen molar-refractivity contribution < 1.29 is 0 Å². The van der Waals surface area contributed by atoms with E-state index >= 15 is 0 Å². The molecule has 2 heterocycles. The Balaban J connectivity index is 1.50. The molecule has 1 aliphatic carbocycles. The van der Waals surface area contributed by atoms with E-state index in [1.54, 1.807) is 0 Å². The van der Waals surface area contributed by atoms with Gasteiger partial charge in [-0.1, -0.05) is 48.5 Å². The van der Waals surface area contributed by atoms with Crippen LogP contribution in [0.1, 0.15) is 11.1 Å². The van der Waals surface area contributed by atoms with Crippen LogP contribution in [-0.4, -0.2) is 9.97 Å². The van der Waals surface area contributed by atoms with Gasteiger partial charge in [0.05, 0.1) is 22.4 Å². The second-order valence-electron chi connectivity index (χ2n) is 8.28. The predicted octanol–water partition coefficient (Wildman–Crippen LogP) is 6.86. The van der Waals surface area contributed by atoms with Crippen molar-refractivity contribution >= 4 is 43.4 Å². The fourth-order valence-corrected chi connectivity index (χ4v) is 4.87. The van der Waals surface area contributed by atoms with Gasteiger partial charge in [-0.2, -0.15) is 0 Å². The Hall–Kier alpha value is -3.78. The van der Waals surface area contributed by atoms with E-state index in [2.05, 4.69) is 84.9 Å². The maximum Gasteiger partial charge on any atom is 0.0929 e. The molecule has 30 heavy (non-hydrogen) atoms. The van der Waals surface area contributed by atoms with Crippen LogP contribution in [0.2, 0.25) is 0 Å². The van der Waals surface area contributed by atoms with Gasteiger partial charge in [-0.3, -0.25) is 0 Å². The monoisotopic (exact) mass is 382 g/mol. The number of aryl methyl sites for hydroxylation is 2. The van der Waals surface area contributed by atoms with E-state index < -0.39 is 0 Å². The number of aromatic nitrogens is 2. The SMILES string of the molecule is c1ccc2cc3nc4c(cc3cc2c1)CCc1cc2cc3ccccc3cc2nc1-4. The molecule has 4 aromatic carbocycles. The standard InChI is InChI=1S/C28H18N2/c1-3-7-19-15-25-23(11-17(19)5-1)13-21-9-10-22-14-24-12-18-6-2-4-8-20(18)16-26(24)30-28(22)27(21)29-25/h1-8,11-16H,9-10H2. The van der Waals surface area contributed by atoms with E-state index in [1.807, 2.05) is 0 Å². The number of rotatable bonds is 0. The van der Waals surface area contributed by atoms with E-state index in [-0.39, 0.29) is 0 Å². The molecule has 1 aliphatic rings. The highest BCUT2D eigenvalue weighted by Crippen LogP contribution is 2.36. The smallest absolute Gasteiger partial charge is 0.0929 e. The molecule has 0 unspecified atom stereocenters. The molecule has 0 spiro atoms. The fraction of sp³-hybridized carbons (Fsp3) is 0.0714. The number of benzene rings is 4. The molecule has 0 radical (unpaired) electrons. The molecule has 2 nitrogen and oxygen atoms in total. The van der Waals surface area contributed by atoms with Crippen LogP contribution in [0.25, 0.3) is 54.7 Å². The van der Waals surface area contributed by atoms with Crippen LogP contribution in [-0.2, 0) is 12.8 Å². The van der Waals surface area contributed by atoms with Crippen molar-refractivity contribution in [2.45, 2.75) is 12.8 Å². The minimum absolute atomic E-state index is 1.01. The molecule has 0 atom stereocenters. The Morgan fingerprint density at radius 3 is 1.27 bits per heavy atom. The lowest BCUT2D eigenvalue weighted by molar-refractivity contribution is 0.923. The summed E-state index contributed by atoms with van der Waals surface area (Å²) in [4.78, 5) is 10.2. The van der Waals surface area contributed by atoms with E-state index in [4.69, 9.17) is 9.97 Å². The first kappa shape index (κ1) is 16.1. The summed E-state index contributed by atoms with van der Waals surface area (Å²) in [6.45, 7) is 0. The zero-order chi connectivity index (χ0) is 19.7. The second-order valence-corrected chi connectivity index (χ2v) is 8.28. The second kappa shape index (κ2) is 5.87. The summed E-state index contributed by atoms with van der Waals surface area (Å²) < 4.78 is 0. The summed E-state index contributed by atoms with van der Waals surface area (Å²) in [5.41, 5.74) is 6.79. The van der Waals surface area contributed by atoms with Crippen LogP contribution in [0.15, 0.2) is 84.9 Å². The van der Waals surface area contributed by atoms with Crippen LogP contribution >= 0.6 is 0 Å². The molecular formula is C28H18N2. The molecule has 0 saturated carbocycles. The third kappa shape index (κ3) is 2.31. The first-order chi connectivity index (χ1) is 14.8. The normalized spacial score (nSPS) is 13.1. The number of hydrogen-bond acceptors (Lipinski definition) is 2. The largest absolute Gasteiger partial charge is 0.246 e. The quantitative estimate of drug-likeness (QED) is 0.268. The highest BCUT2D eigenvalue weighted by atomic mass is 14.8. The Morgan fingerprint density at radius 1 is 0.433 bits per heavy atom. The van der Waals surface area contributed by atoms with Gasteiger partial charge in [0.1, 0.15) is 0 Å². The Kier molecular flexibility index (Phi) is 3.14. The molecular weight excluding hydrogens is 364 g/mol. The van der Waals surface area contributed by atoms with Crippen LogP contribution in [0.3, 0.4) is 0 Å². The minimum Gasteiger partial charge on any atom is -0.246 e. The maximum atomic E-state index is 5.11. The lowest BCUT2D eigenvalue weighted by Crippen LogP contribution is -2.08. The topological polar surface area (TPSA) is 25.8 Å². The average Bonchev–Trinajstić information content (AvgIpc) is 2.79. The maximum absolute atomic E-state index is 5.11. The van der Waals surface area contributed by atoms with Crippen molar-refractivity contribution in [2.24, 2.45) is 0 Å². The van der Waals surface area contributed by atoms with Gasteiger partial charge in [-0.25, -0.2) is 9.97 Å². The third-order valence-corrected chi connectivity index (χ3v) is 6.41. The highest BCUT2D eigenvalue weighted by Gasteiger charge is 2.21. The molecule has 0 saturated heterocycles. The summed E-state index contributed by atoms with van der Waals surface area (Å²) in [6, 6.07) is 30.6. The molecule has 0 amide bonds. The third-order valence-electron chi connectivity index (χ3n) is 6.41. The van der Waals surface area contributed by atoms with Gasteiger partial charge in [0.2, 0.25) is 0 Å². The zero-order valence-corrected chi connectivity index (χ0v) is 16.4. The number of nitrogens with zero attached hydrogens (tertiary/aromatic N) is 2. The van der Waals surface area contributed by atoms with Crippen molar-refractivity contribution in [3.63, 3.8) is 0 Å². The van der Waals surface area contributed by atoms with Gasteiger partial charge in [-0.05, 0) is 81.9 Å². The van der Waals surface area contributed by atoms with Gasteiger partial charge >= 0.3 is 0 Å². The molecule has 2 heteroatoms. The van der Waals surface area contributed by atoms with Crippen LogP contribution < -0.4 is 0 Å². The summed E-state index contributed by atoms with van der Waals surface area (Å²) >= 11 is 0. The summed E-state index contributed by atoms with van der Waals surface area (Å²) in [7, 11) is 0.